The number of H-pyrrole nitrogens is 1. The molecule has 0 saturated carbocycles. The molecule has 1 aliphatic rings. The summed E-state index contributed by atoms with van der Waals surface area (Å²) < 4.78 is 20.7. The Morgan fingerprint density at radius 1 is 1.36 bits per heavy atom. The number of nitrogens with one attached hydrogen (secondary N) is 1. The van der Waals surface area contributed by atoms with Crippen molar-refractivity contribution in [1.82, 2.24) is 9.55 Å². The van der Waals surface area contributed by atoms with Gasteiger partial charge in [-0.2, -0.15) is 0 Å². The highest BCUT2D eigenvalue weighted by molar-refractivity contribution is 7.46. The Morgan fingerprint density at radius 2 is 2.00 bits per heavy atom. The second-order valence-electron chi connectivity index (χ2n) is 4.57. The quantitative estimate of drug-likeness (QED) is 0.304. The zero-order chi connectivity index (χ0) is 16.7. The molecule has 22 heavy (non-hydrogen) atoms. The summed E-state index contributed by atoms with van der Waals surface area (Å²) in [6, 6.07) is 0.878. The van der Waals surface area contributed by atoms with Crippen molar-refractivity contribution >= 4 is 13.6 Å². The lowest BCUT2D eigenvalue weighted by atomic mass is 10.1. The van der Waals surface area contributed by atoms with E-state index in [0.717, 1.165) is 6.07 Å². The molecule has 12 nitrogen and oxygen atoms in total. The Labute approximate surface area is 122 Å². The van der Waals surface area contributed by atoms with Gasteiger partial charge in [0.2, 0.25) is 0 Å². The Balaban J connectivity index is 2.26. The number of phosphoric ester groups is 1. The van der Waals surface area contributed by atoms with Gasteiger partial charge in [0.1, 0.15) is 24.1 Å². The molecule has 0 spiro atoms. The van der Waals surface area contributed by atoms with E-state index in [1.165, 1.54) is 0 Å². The highest BCUT2D eigenvalue weighted by Crippen LogP contribution is 2.38. The predicted octanol–water partition coefficient (Wildman–Crippen LogP) is -3.15. The number of anilines is 1. The zero-order valence-corrected chi connectivity index (χ0v) is 11.8. The lowest BCUT2D eigenvalue weighted by Crippen LogP contribution is -2.39. The van der Waals surface area contributed by atoms with Gasteiger partial charge >= 0.3 is 13.5 Å². The molecule has 1 fully saturated rings. The maximum atomic E-state index is 11.7. The number of aliphatic hydroxyl groups excluding tert-OH is 2. The number of nitrogen functional groups attached to an aromatic ring is 1. The third-order valence-corrected chi connectivity index (χ3v) is 3.49. The number of nitrogens with zero attached hydrogens (tertiary/aromatic N) is 1. The Bertz CT molecular complexity index is 709. The molecule has 1 aliphatic heterocycles. The van der Waals surface area contributed by atoms with E-state index in [1.54, 1.807) is 0 Å². The summed E-state index contributed by atoms with van der Waals surface area (Å²) in [7, 11) is -4.80. The first-order chi connectivity index (χ1) is 10.1. The van der Waals surface area contributed by atoms with Crippen molar-refractivity contribution in [2.75, 3.05) is 12.3 Å². The predicted molar refractivity (Wildman–Crippen MR) is 69.7 cm³/mol. The maximum Gasteiger partial charge on any atom is 0.469 e. The number of hydrogen-bond acceptors (Lipinski definition) is 8. The molecule has 7 N–H and O–H groups in total. The van der Waals surface area contributed by atoms with Crippen LogP contribution in [0.4, 0.5) is 5.82 Å². The van der Waals surface area contributed by atoms with E-state index >= 15 is 0 Å². The fourth-order valence-electron chi connectivity index (χ4n) is 2.04. The first kappa shape index (κ1) is 16.8. The second-order valence-corrected chi connectivity index (χ2v) is 5.81. The molecule has 0 bridgehead atoms. The van der Waals surface area contributed by atoms with Crippen molar-refractivity contribution in [2.24, 2.45) is 0 Å². The van der Waals surface area contributed by atoms with Gasteiger partial charge in [0, 0.05) is 6.07 Å². The van der Waals surface area contributed by atoms with Gasteiger partial charge in [-0.25, -0.2) is 9.36 Å². The molecule has 4 atom stereocenters. The van der Waals surface area contributed by atoms with Crippen LogP contribution in [0, 0.1) is 0 Å². The van der Waals surface area contributed by atoms with Crippen LogP contribution in [0.2, 0.25) is 0 Å². The van der Waals surface area contributed by atoms with Crippen LogP contribution in [0.5, 0.6) is 0 Å². The molecule has 13 heteroatoms. The fourth-order valence-corrected chi connectivity index (χ4v) is 2.38. The van der Waals surface area contributed by atoms with Crippen LogP contribution in [-0.4, -0.2) is 54.5 Å². The first-order valence-corrected chi connectivity index (χ1v) is 7.46. The number of phosphoric acid groups is 1. The zero-order valence-electron chi connectivity index (χ0n) is 10.9. The van der Waals surface area contributed by atoms with Gasteiger partial charge in [-0.15, -0.1) is 0 Å². The number of aliphatic hydroxyl groups is 2. The van der Waals surface area contributed by atoms with E-state index in [-0.39, 0.29) is 5.82 Å². The van der Waals surface area contributed by atoms with Crippen LogP contribution < -0.4 is 17.0 Å². The molecule has 1 aromatic heterocycles. The van der Waals surface area contributed by atoms with E-state index in [9.17, 15) is 24.4 Å². The minimum absolute atomic E-state index is 0.318. The second kappa shape index (κ2) is 5.93. The Morgan fingerprint density at radius 3 is 2.55 bits per heavy atom. The van der Waals surface area contributed by atoms with Gasteiger partial charge in [0.15, 0.2) is 6.23 Å². The summed E-state index contributed by atoms with van der Waals surface area (Å²) >= 11 is 0. The summed E-state index contributed by atoms with van der Waals surface area (Å²) in [6.07, 6.45) is -5.98. The van der Waals surface area contributed by atoms with Crippen molar-refractivity contribution in [3.05, 3.63) is 26.9 Å². The van der Waals surface area contributed by atoms with Gasteiger partial charge in [0.05, 0.1) is 6.61 Å². The third-order valence-electron chi connectivity index (χ3n) is 3.00. The Hall–Kier alpha value is -1.53. The Kier molecular flexibility index (Phi) is 4.54. The van der Waals surface area contributed by atoms with E-state index in [1.807, 2.05) is 4.98 Å². The lowest BCUT2D eigenvalue weighted by molar-refractivity contribution is -0.0531. The highest BCUT2D eigenvalue weighted by atomic mass is 31.2. The molecule has 1 aromatic rings. The van der Waals surface area contributed by atoms with Gasteiger partial charge in [-0.3, -0.25) is 18.9 Å². The molecular formula is C9H14N3O9P. The van der Waals surface area contributed by atoms with Crippen molar-refractivity contribution < 1.29 is 33.8 Å². The number of hydrogen-bond donors (Lipinski definition) is 6. The third kappa shape index (κ3) is 3.44. The lowest BCUT2D eigenvalue weighted by Gasteiger charge is -2.18. The fraction of sp³-hybridized carbons (Fsp3) is 0.556. The van der Waals surface area contributed by atoms with Crippen LogP contribution in [0.3, 0.4) is 0 Å². The van der Waals surface area contributed by atoms with Crippen molar-refractivity contribution in [3.63, 3.8) is 0 Å². The molecule has 4 unspecified atom stereocenters. The largest absolute Gasteiger partial charge is 0.469 e. The first-order valence-electron chi connectivity index (χ1n) is 5.93. The van der Waals surface area contributed by atoms with E-state index in [0.29, 0.717) is 4.57 Å². The molecule has 0 radical (unpaired) electrons. The summed E-state index contributed by atoms with van der Waals surface area (Å²) in [5, 5.41) is 19.7. The number of rotatable bonds is 4. The average molecular weight is 339 g/mol. The van der Waals surface area contributed by atoms with E-state index < -0.39 is 50.2 Å². The average Bonchev–Trinajstić information content (AvgIpc) is 2.63. The summed E-state index contributed by atoms with van der Waals surface area (Å²) in [5.74, 6) is -0.318. The van der Waals surface area contributed by atoms with E-state index in [2.05, 4.69) is 4.52 Å². The SMILES string of the molecule is Nc1cc(=O)[nH]c(=O)n1C1OC(COP(=O)(O)O)C(O)C1O. The normalized spacial score (nSPS) is 28.9. The van der Waals surface area contributed by atoms with Gasteiger partial charge in [-0.1, -0.05) is 0 Å². The summed E-state index contributed by atoms with van der Waals surface area (Å²) in [6.45, 7) is -0.725. The van der Waals surface area contributed by atoms with Crippen LogP contribution >= 0.6 is 7.82 Å². The van der Waals surface area contributed by atoms with Crippen molar-refractivity contribution in [2.45, 2.75) is 24.5 Å². The highest BCUT2D eigenvalue weighted by Gasteiger charge is 2.45. The summed E-state index contributed by atoms with van der Waals surface area (Å²) in [5.41, 5.74) is 3.78. The smallest absolute Gasteiger partial charge is 0.387 e. The minimum atomic E-state index is -4.80. The topological polar surface area (TPSA) is 197 Å². The monoisotopic (exact) mass is 339 g/mol. The van der Waals surface area contributed by atoms with Gasteiger partial charge < -0.3 is 30.5 Å². The number of nitrogens with two attached hydrogens (primary N) is 1. The number of ether oxygens (including phenoxy) is 1. The van der Waals surface area contributed by atoms with Crippen LogP contribution in [0.25, 0.3) is 0 Å². The van der Waals surface area contributed by atoms with Gasteiger partial charge in [-0.05, 0) is 0 Å². The van der Waals surface area contributed by atoms with Crippen molar-refractivity contribution in [3.8, 4) is 0 Å². The summed E-state index contributed by atoms with van der Waals surface area (Å²) in [4.78, 5) is 41.9. The number of aromatic nitrogens is 2. The number of aromatic amines is 1. The standard InChI is InChI=1S/C9H14N3O9P/c10-4-1-5(13)11-9(16)12(4)8-7(15)6(14)3(21-8)2-20-22(17,18)19/h1,3,6-8,14-15H,2,10H2,(H,11,13,16)(H2,17,18,19). The maximum absolute atomic E-state index is 11.7. The van der Waals surface area contributed by atoms with Crippen LogP contribution in [0.15, 0.2) is 15.7 Å². The van der Waals surface area contributed by atoms with Crippen molar-refractivity contribution in [1.29, 1.82) is 0 Å². The van der Waals surface area contributed by atoms with E-state index in [4.69, 9.17) is 20.3 Å². The molecular weight excluding hydrogens is 325 g/mol. The molecule has 2 heterocycles. The molecule has 2 rings (SSSR count). The molecule has 0 aliphatic carbocycles. The van der Waals surface area contributed by atoms with Gasteiger partial charge in [0.25, 0.3) is 5.56 Å². The molecule has 0 aromatic carbocycles. The van der Waals surface area contributed by atoms with Crippen LogP contribution in [0.1, 0.15) is 6.23 Å². The minimum Gasteiger partial charge on any atom is -0.387 e. The van der Waals surface area contributed by atoms with Crippen LogP contribution in [-0.2, 0) is 13.8 Å². The molecule has 124 valence electrons. The molecule has 0 amide bonds. The molecule has 1 saturated heterocycles.